The molecule has 1 unspecified atom stereocenters. The fourth-order valence-corrected chi connectivity index (χ4v) is 1.36. The van der Waals surface area contributed by atoms with E-state index in [4.69, 9.17) is 0 Å². The summed E-state index contributed by atoms with van der Waals surface area (Å²) < 4.78 is 10.9. The largest absolute Gasteiger partial charge is 0.306 e. The highest BCUT2D eigenvalue weighted by atomic mass is 32.2. The van der Waals surface area contributed by atoms with Crippen LogP contribution in [0.15, 0.2) is 0 Å². The molecular weight excluding hydrogens is 146 g/mol. The first-order chi connectivity index (χ1) is 4.70. The zero-order valence-electron chi connectivity index (χ0n) is 7.09. The van der Waals surface area contributed by atoms with Crippen molar-refractivity contribution in [2.75, 3.05) is 31.6 Å². The summed E-state index contributed by atoms with van der Waals surface area (Å²) in [5, 5.41) is 0. The fourth-order valence-electron chi connectivity index (χ4n) is 0.560. The number of hydrogen-bond acceptors (Lipinski definition) is 2. The summed E-state index contributed by atoms with van der Waals surface area (Å²) in [5.74, 6) is 1.61. The standard InChI is InChI=1S/C7H17NOS/c1-4-8(3)6-7-10(9)5-2/h4-7H2,1-3H3. The maximum Gasteiger partial charge on any atom is 0.0362 e. The zero-order chi connectivity index (χ0) is 7.98. The van der Waals surface area contributed by atoms with Gasteiger partial charge in [0.25, 0.3) is 0 Å². The van der Waals surface area contributed by atoms with Crippen LogP contribution in [0.5, 0.6) is 0 Å². The summed E-state index contributed by atoms with van der Waals surface area (Å²) in [7, 11) is 1.46. The van der Waals surface area contributed by atoms with Crippen molar-refractivity contribution in [2.24, 2.45) is 0 Å². The Labute approximate surface area is 66.1 Å². The van der Waals surface area contributed by atoms with Crippen LogP contribution in [-0.4, -0.2) is 40.8 Å². The highest BCUT2D eigenvalue weighted by Crippen LogP contribution is 1.85. The molecule has 0 saturated heterocycles. The topological polar surface area (TPSA) is 20.3 Å². The number of hydrogen-bond donors (Lipinski definition) is 0. The molecule has 62 valence electrons. The third-order valence-corrected chi connectivity index (χ3v) is 2.84. The normalized spacial score (nSPS) is 14.0. The first-order valence-corrected chi connectivity index (χ1v) is 5.23. The molecule has 0 rings (SSSR count). The van der Waals surface area contributed by atoms with E-state index < -0.39 is 10.8 Å². The quantitative estimate of drug-likeness (QED) is 0.595. The second kappa shape index (κ2) is 5.86. The molecule has 0 aliphatic carbocycles. The van der Waals surface area contributed by atoms with Gasteiger partial charge in [0.15, 0.2) is 0 Å². The third-order valence-electron chi connectivity index (χ3n) is 1.56. The Morgan fingerprint density at radius 1 is 1.40 bits per heavy atom. The lowest BCUT2D eigenvalue weighted by atomic mass is 10.6. The zero-order valence-corrected chi connectivity index (χ0v) is 7.91. The van der Waals surface area contributed by atoms with Gasteiger partial charge in [-0.1, -0.05) is 13.8 Å². The SMILES string of the molecule is CCN(C)CCS(=O)CC. The van der Waals surface area contributed by atoms with Crippen LogP contribution in [0, 0.1) is 0 Å². The van der Waals surface area contributed by atoms with Crippen LogP contribution in [-0.2, 0) is 10.8 Å². The second-order valence-electron chi connectivity index (χ2n) is 2.33. The molecule has 0 fully saturated rings. The van der Waals surface area contributed by atoms with Crippen molar-refractivity contribution in [3.05, 3.63) is 0 Å². The monoisotopic (exact) mass is 163 g/mol. The van der Waals surface area contributed by atoms with Crippen molar-refractivity contribution in [1.29, 1.82) is 0 Å². The van der Waals surface area contributed by atoms with Crippen LogP contribution in [0.25, 0.3) is 0 Å². The summed E-state index contributed by atoms with van der Waals surface area (Å²) in [5.41, 5.74) is 0. The lowest BCUT2D eigenvalue weighted by Crippen LogP contribution is -2.23. The van der Waals surface area contributed by atoms with Crippen molar-refractivity contribution in [3.63, 3.8) is 0 Å². The van der Waals surface area contributed by atoms with Crippen LogP contribution in [0.2, 0.25) is 0 Å². The van der Waals surface area contributed by atoms with E-state index in [2.05, 4.69) is 11.8 Å². The maximum absolute atomic E-state index is 10.9. The predicted molar refractivity (Wildman–Crippen MR) is 46.7 cm³/mol. The Kier molecular flexibility index (Phi) is 5.93. The molecule has 0 aliphatic heterocycles. The Balaban J connectivity index is 3.26. The van der Waals surface area contributed by atoms with E-state index in [0.717, 1.165) is 24.6 Å². The molecule has 0 aromatic carbocycles. The minimum absolute atomic E-state index is 0.591. The summed E-state index contributed by atoms with van der Waals surface area (Å²) in [4.78, 5) is 2.17. The van der Waals surface area contributed by atoms with Gasteiger partial charge in [0, 0.05) is 28.9 Å². The molecule has 0 N–H and O–H groups in total. The van der Waals surface area contributed by atoms with Gasteiger partial charge in [-0.2, -0.15) is 0 Å². The van der Waals surface area contributed by atoms with E-state index in [-0.39, 0.29) is 0 Å². The van der Waals surface area contributed by atoms with Gasteiger partial charge in [0.05, 0.1) is 0 Å². The van der Waals surface area contributed by atoms with E-state index in [1.807, 2.05) is 14.0 Å². The Morgan fingerprint density at radius 2 is 2.00 bits per heavy atom. The van der Waals surface area contributed by atoms with E-state index in [1.165, 1.54) is 0 Å². The molecule has 0 bridgehead atoms. The van der Waals surface area contributed by atoms with Crippen LogP contribution < -0.4 is 0 Å². The van der Waals surface area contributed by atoms with Crippen molar-refractivity contribution in [2.45, 2.75) is 13.8 Å². The average Bonchev–Trinajstić information content (AvgIpc) is 1.99. The molecule has 10 heavy (non-hydrogen) atoms. The van der Waals surface area contributed by atoms with Gasteiger partial charge in [-0.25, -0.2) is 0 Å². The smallest absolute Gasteiger partial charge is 0.0362 e. The van der Waals surface area contributed by atoms with Crippen LogP contribution in [0.3, 0.4) is 0 Å². The van der Waals surface area contributed by atoms with Gasteiger partial charge in [-0.3, -0.25) is 4.21 Å². The Bertz CT molecular complexity index is 106. The van der Waals surface area contributed by atoms with Gasteiger partial charge in [-0.15, -0.1) is 0 Å². The summed E-state index contributed by atoms with van der Waals surface area (Å²) in [6.07, 6.45) is 0. The average molecular weight is 163 g/mol. The summed E-state index contributed by atoms with van der Waals surface area (Å²) in [6, 6.07) is 0. The molecule has 2 nitrogen and oxygen atoms in total. The highest BCUT2D eigenvalue weighted by Gasteiger charge is 1.97. The van der Waals surface area contributed by atoms with Crippen molar-refractivity contribution in [1.82, 2.24) is 4.90 Å². The Morgan fingerprint density at radius 3 is 2.40 bits per heavy atom. The molecule has 0 aromatic heterocycles. The molecule has 0 aromatic rings. The molecule has 3 heteroatoms. The minimum Gasteiger partial charge on any atom is -0.306 e. The fraction of sp³-hybridized carbons (Fsp3) is 1.00. The molecular formula is C7H17NOS. The predicted octanol–water partition coefficient (Wildman–Crippen LogP) is 0.707. The summed E-state index contributed by atoms with van der Waals surface area (Å²) >= 11 is 0. The minimum atomic E-state index is -0.591. The lowest BCUT2D eigenvalue weighted by Gasteiger charge is -2.11. The van der Waals surface area contributed by atoms with Gasteiger partial charge in [0.1, 0.15) is 0 Å². The molecule has 0 aliphatic rings. The first-order valence-electron chi connectivity index (χ1n) is 3.74. The summed E-state index contributed by atoms with van der Waals surface area (Å²) in [6.45, 7) is 6.06. The highest BCUT2D eigenvalue weighted by molar-refractivity contribution is 7.84. The van der Waals surface area contributed by atoms with Crippen molar-refractivity contribution < 1.29 is 4.21 Å². The van der Waals surface area contributed by atoms with Crippen molar-refractivity contribution >= 4 is 10.8 Å². The number of rotatable bonds is 5. The van der Waals surface area contributed by atoms with E-state index in [1.54, 1.807) is 0 Å². The molecule has 0 saturated carbocycles. The van der Waals surface area contributed by atoms with Crippen LogP contribution >= 0.6 is 0 Å². The Hall–Kier alpha value is 0.110. The molecule has 0 spiro atoms. The maximum atomic E-state index is 10.9. The van der Waals surface area contributed by atoms with Gasteiger partial charge < -0.3 is 4.90 Å². The van der Waals surface area contributed by atoms with E-state index >= 15 is 0 Å². The second-order valence-corrected chi connectivity index (χ2v) is 4.19. The third kappa shape index (κ3) is 4.94. The van der Waals surface area contributed by atoms with Gasteiger partial charge >= 0.3 is 0 Å². The van der Waals surface area contributed by atoms with Crippen molar-refractivity contribution in [3.8, 4) is 0 Å². The van der Waals surface area contributed by atoms with Crippen LogP contribution in [0.4, 0.5) is 0 Å². The first kappa shape index (κ1) is 10.1. The molecule has 1 atom stereocenters. The molecule has 0 amide bonds. The lowest BCUT2D eigenvalue weighted by molar-refractivity contribution is 0.375. The van der Waals surface area contributed by atoms with E-state index in [0.29, 0.717) is 0 Å². The van der Waals surface area contributed by atoms with E-state index in [9.17, 15) is 4.21 Å². The van der Waals surface area contributed by atoms with Gasteiger partial charge in [0.2, 0.25) is 0 Å². The molecule has 0 radical (unpaired) electrons. The van der Waals surface area contributed by atoms with Crippen LogP contribution in [0.1, 0.15) is 13.8 Å². The van der Waals surface area contributed by atoms with Gasteiger partial charge in [-0.05, 0) is 13.6 Å². The number of nitrogens with zero attached hydrogens (tertiary/aromatic N) is 1. The molecule has 0 heterocycles.